The second-order valence-electron chi connectivity index (χ2n) is 5.80. The third kappa shape index (κ3) is 4.43. The largest absolute Gasteiger partial charge is 0.380 e. The predicted molar refractivity (Wildman–Crippen MR) is 93.9 cm³/mol. The number of thiazole rings is 1. The number of nitrogens with one attached hydrogen (secondary N) is 1. The molecule has 9 heteroatoms. The summed E-state index contributed by atoms with van der Waals surface area (Å²) < 4.78 is 32.8. The van der Waals surface area contributed by atoms with Crippen molar-refractivity contribution in [3.05, 3.63) is 46.4 Å². The molecule has 2 heterocycles. The van der Waals surface area contributed by atoms with Crippen LogP contribution in [0, 0.1) is 0 Å². The van der Waals surface area contributed by atoms with Gasteiger partial charge in [0.15, 0.2) is 0 Å². The number of hydrogen-bond acceptors (Lipinski definition) is 6. The standard InChI is InChI=1S/C16H19N3O4S2/c1-19(10-15-17-6-8-24-15)16(20)12-3-2-4-14(9-12)25(21,22)18-13-5-7-23-11-13/h2-4,6,8-9,13,18H,5,7,10-11H2,1H3. The molecular weight excluding hydrogens is 362 g/mol. The number of aromatic nitrogens is 1. The summed E-state index contributed by atoms with van der Waals surface area (Å²) in [7, 11) is -2.02. The van der Waals surface area contributed by atoms with Gasteiger partial charge in [0, 0.05) is 36.8 Å². The van der Waals surface area contributed by atoms with E-state index in [9.17, 15) is 13.2 Å². The Balaban J connectivity index is 1.74. The van der Waals surface area contributed by atoms with Crippen LogP contribution in [0.25, 0.3) is 0 Å². The number of ether oxygens (including phenoxy) is 1. The summed E-state index contributed by atoms with van der Waals surface area (Å²) >= 11 is 1.47. The lowest BCUT2D eigenvalue weighted by Gasteiger charge is -2.17. The Labute approximate surface area is 150 Å². The van der Waals surface area contributed by atoms with E-state index in [1.54, 1.807) is 25.4 Å². The van der Waals surface area contributed by atoms with Gasteiger partial charge in [0.1, 0.15) is 5.01 Å². The van der Waals surface area contributed by atoms with Crippen LogP contribution in [0.4, 0.5) is 0 Å². The highest BCUT2D eigenvalue weighted by molar-refractivity contribution is 7.89. The lowest BCUT2D eigenvalue weighted by molar-refractivity contribution is 0.0784. The molecule has 1 aliphatic heterocycles. The van der Waals surface area contributed by atoms with Crippen LogP contribution in [0.5, 0.6) is 0 Å². The van der Waals surface area contributed by atoms with Gasteiger partial charge < -0.3 is 9.64 Å². The van der Waals surface area contributed by atoms with Crippen molar-refractivity contribution in [3.63, 3.8) is 0 Å². The van der Waals surface area contributed by atoms with Gasteiger partial charge in [0.05, 0.1) is 18.0 Å². The fourth-order valence-electron chi connectivity index (χ4n) is 2.54. The van der Waals surface area contributed by atoms with Crippen LogP contribution in [-0.2, 0) is 21.3 Å². The van der Waals surface area contributed by atoms with Gasteiger partial charge >= 0.3 is 0 Å². The van der Waals surface area contributed by atoms with E-state index in [1.807, 2.05) is 5.38 Å². The van der Waals surface area contributed by atoms with E-state index >= 15 is 0 Å². The summed E-state index contributed by atoms with van der Waals surface area (Å²) in [5.41, 5.74) is 0.324. The highest BCUT2D eigenvalue weighted by atomic mass is 32.2. The zero-order chi connectivity index (χ0) is 17.9. The molecule has 0 bridgehead atoms. The lowest BCUT2D eigenvalue weighted by atomic mass is 10.2. The highest BCUT2D eigenvalue weighted by Crippen LogP contribution is 2.16. The second kappa shape index (κ2) is 7.61. The maximum absolute atomic E-state index is 12.6. The van der Waals surface area contributed by atoms with E-state index in [4.69, 9.17) is 4.74 Å². The fourth-order valence-corrected chi connectivity index (χ4v) is 4.51. The van der Waals surface area contributed by atoms with Crippen LogP contribution in [0.2, 0.25) is 0 Å². The Hall–Kier alpha value is -1.81. The molecule has 0 radical (unpaired) electrons. The molecule has 0 saturated carbocycles. The fraction of sp³-hybridized carbons (Fsp3) is 0.375. The van der Waals surface area contributed by atoms with Crippen LogP contribution in [0.1, 0.15) is 21.8 Å². The first-order chi connectivity index (χ1) is 12.0. The Kier molecular flexibility index (Phi) is 5.48. The van der Waals surface area contributed by atoms with Crippen LogP contribution in [0.3, 0.4) is 0 Å². The Morgan fingerprint density at radius 3 is 3.00 bits per heavy atom. The minimum absolute atomic E-state index is 0.0768. The molecule has 1 aliphatic rings. The average Bonchev–Trinajstić information content (AvgIpc) is 3.28. The van der Waals surface area contributed by atoms with Crippen molar-refractivity contribution in [2.45, 2.75) is 23.9 Å². The van der Waals surface area contributed by atoms with Crippen LogP contribution in [0.15, 0.2) is 40.7 Å². The van der Waals surface area contributed by atoms with E-state index in [-0.39, 0.29) is 16.8 Å². The molecule has 7 nitrogen and oxygen atoms in total. The summed E-state index contributed by atoms with van der Waals surface area (Å²) in [5, 5.41) is 2.67. The number of amides is 1. The number of carbonyl (C=O) groups is 1. The number of rotatable bonds is 6. The quantitative estimate of drug-likeness (QED) is 0.819. The second-order valence-corrected chi connectivity index (χ2v) is 8.49. The maximum Gasteiger partial charge on any atom is 0.254 e. The molecule has 1 saturated heterocycles. The molecule has 25 heavy (non-hydrogen) atoms. The number of nitrogens with zero attached hydrogens (tertiary/aromatic N) is 2. The zero-order valence-corrected chi connectivity index (χ0v) is 15.3. The normalized spacial score (nSPS) is 17.6. The summed E-state index contributed by atoms with van der Waals surface area (Å²) in [5.74, 6) is -0.253. The topological polar surface area (TPSA) is 88.6 Å². The monoisotopic (exact) mass is 381 g/mol. The lowest BCUT2D eigenvalue weighted by Crippen LogP contribution is -2.35. The van der Waals surface area contributed by atoms with E-state index in [1.165, 1.54) is 28.4 Å². The molecule has 1 atom stereocenters. The Bertz CT molecular complexity index is 831. The van der Waals surface area contributed by atoms with Gasteiger partial charge in [0.2, 0.25) is 10.0 Å². The molecule has 1 N–H and O–H groups in total. The number of benzene rings is 1. The van der Waals surface area contributed by atoms with Crippen molar-refractivity contribution in [1.29, 1.82) is 0 Å². The summed E-state index contributed by atoms with van der Waals surface area (Å²) in [4.78, 5) is 18.3. The van der Waals surface area contributed by atoms with E-state index in [0.29, 0.717) is 31.7 Å². The van der Waals surface area contributed by atoms with Gasteiger partial charge in [0.25, 0.3) is 5.91 Å². The smallest absolute Gasteiger partial charge is 0.254 e. The molecule has 2 aromatic rings. The van der Waals surface area contributed by atoms with Crippen molar-refractivity contribution in [1.82, 2.24) is 14.6 Å². The average molecular weight is 381 g/mol. The van der Waals surface area contributed by atoms with Gasteiger partial charge in [-0.05, 0) is 24.6 Å². The van der Waals surface area contributed by atoms with Gasteiger partial charge in [-0.25, -0.2) is 18.1 Å². The van der Waals surface area contributed by atoms with Crippen LogP contribution < -0.4 is 4.72 Å². The molecule has 1 amide bonds. The van der Waals surface area contributed by atoms with Crippen molar-refractivity contribution >= 4 is 27.3 Å². The molecule has 0 spiro atoms. The van der Waals surface area contributed by atoms with Crippen molar-refractivity contribution in [2.24, 2.45) is 0 Å². The molecule has 3 rings (SSSR count). The van der Waals surface area contributed by atoms with Crippen molar-refractivity contribution in [3.8, 4) is 0 Å². The van der Waals surface area contributed by atoms with Crippen molar-refractivity contribution < 1.29 is 17.9 Å². The zero-order valence-electron chi connectivity index (χ0n) is 13.7. The van der Waals surface area contributed by atoms with Gasteiger partial charge in [-0.15, -0.1) is 11.3 Å². The van der Waals surface area contributed by atoms with Gasteiger partial charge in [-0.1, -0.05) is 6.07 Å². The SMILES string of the molecule is CN(Cc1nccs1)C(=O)c1cccc(S(=O)(=O)NC2CCOC2)c1. The summed E-state index contributed by atoms with van der Waals surface area (Å²) in [6.45, 7) is 1.30. The van der Waals surface area contributed by atoms with Crippen LogP contribution in [-0.4, -0.2) is 50.5 Å². The summed E-state index contributed by atoms with van der Waals surface area (Å²) in [6, 6.07) is 5.84. The first-order valence-electron chi connectivity index (χ1n) is 7.80. The van der Waals surface area contributed by atoms with E-state index in [0.717, 1.165) is 5.01 Å². The molecule has 1 fully saturated rings. The molecule has 134 valence electrons. The molecule has 1 unspecified atom stereocenters. The maximum atomic E-state index is 12.6. The molecule has 0 aliphatic carbocycles. The molecule has 1 aromatic heterocycles. The van der Waals surface area contributed by atoms with E-state index < -0.39 is 10.0 Å². The van der Waals surface area contributed by atoms with Gasteiger partial charge in [-0.3, -0.25) is 4.79 Å². The third-order valence-corrected chi connectivity index (χ3v) is 6.13. The first-order valence-corrected chi connectivity index (χ1v) is 10.2. The highest BCUT2D eigenvalue weighted by Gasteiger charge is 2.24. The predicted octanol–water partition coefficient (Wildman–Crippen LogP) is 1.48. The first kappa shape index (κ1) is 18.0. The minimum atomic E-state index is -3.69. The number of sulfonamides is 1. The van der Waals surface area contributed by atoms with Gasteiger partial charge in [-0.2, -0.15) is 0 Å². The third-order valence-electron chi connectivity index (χ3n) is 3.85. The minimum Gasteiger partial charge on any atom is -0.380 e. The van der Waals surface area contributed by atoms with E-state index in [2.05, 4.69) is 9.71 Å². The molecular formula is C16H19N3O4S2. The summed E-state index contributed by atoms with van der Waals surface area (Å²) in [6.07, 6.45) is 2.33. The van der Waals surface area contributed by atoms with Crippen molar-refractivity contribution in [2.75, 3.05) is 20.3 Å². The Morgan fingerprint density at radius 1 is 1.48 bits per heavy atom. The van der Waals surface area contributed by atoms with Crippen LogP contribution >= 0.6 is 11.3 Å². The molecule has 1 aromatic carbocycles. The number of hydrogen-bond donors (Lipinski definition) is 1. The Morgan fingerprint density at radius 2 is 2.32 bits per heavy atom. The number of carbonyl (C=O) groups excluding carboxylic acids is 1.